The number of hydrogen-bond acceptors (Lipinski definition) is 5. The SMILES string of the molecule is COc1cccc(C2(O)CCCCC2CN(C)C)c1.O=C(O)C(O)c1ccccc1. The Morgan fingerprint density at radius 1 is 1.17 bits per heavy atom. The summed E-state index contributed by atoms with van der Waals surface area (Å²) < 4.78 is 5.29. The summed E-state index contributed by atoms with van der Waals surface area (Å²) in [6, 6.07) is 16.2. The van der Waals surface area contributed by atoms with Gasteiger partial charge in [0.2, 0.25) is 0 Å². The van der Waals surface area contributed by atoms with Gasteiger partial charge < -0.3 is 25.0 Å². The van der Waals surface area contributed by atoms with Gasteiger partial charge in [0.05, 0.1) is 12.7 Å². The molecule has 3 atom stereocenters. The van der Waals surface area contributed by atoms with Crippen molar-refractivity contribution < 1.29 is 24.9 Å². The number of aliphatic hydroxyl groups is 2. The third-order valence-corrected chi connectivity index (χ3v) is 5.54. The van der Waals surface area contributed by atoms with E-state index in [1.165, 1.54) is 6.42 Å². The highest BCUT2D eigenvalue weighted by molar-refractivity contribution is 5.73. The Bertz CT molecular complexity index is 795. The predicted molar refractivity (Wildman–Crippen MR) is 116 cm³/mol. The first-order valence-corrected chi connectivity index (χ1v) is 10.3. The maximum atomic E-state index is 11.2. The van der Waals surface area contributed by atoms with E-state index in [1.54, 1.807) is 37.4 Å². The molecular formula is C24H33NO5. The maximum absolute atomic E-state index is 11.2. The number of aliphatic carboxylic acids is 1. The molecule has 1 saturated carbocycles. The fourth-order valence-electron chi connectivity index (χ4n) is 3.96. The Kier molecular flexibility index (Phi) is 8.84. The van der Waals surface area contributed by atoms with Gasteiger partial charge in [0, 0.05) is 12.5 Å². The second kappa shape index (κ2) is 11.1. The number of carboxylic acid groups (broad SMARTS) is 1. The van der Waals surface area contributed by atoms with Crippen molar-refractivity contribution >= 4 is 5.97 Å². The van der Waals surface area contributed by atoms with Crippen molar-refractivity contribution in [3.8, 4) is 5.75 Å². The average Bonchev–Trinajstić information content (AvgIpc) is 2.75. The van der Waals surface area contributed by atoms with Crippen LogP contribution in [0.1, 0.15) is 42.9 Å². The Morgan fingerprint density at radius 2 is 1.87 bits per heavy atom. The van der Waals surface area contributed by atoms with Crippen LogP contribution in [0.5, 0.6) is 5.75 Å². The zero-order valence-electron chi connectivity index (χ0n) is 18.0. The maximum Gasteiger partial charge on any atom is 0.337 e. The lowest BCUT2D eigenvalue weighted by atomic mass is 9.71. The molecule has 2 aromatic carbocycles. The minimum atomic E-state index is -1.41. The van der Waals surface area contributed by atoms with E-state index in [2.05, 4.69) is 19.0 Å². The highest BCUT2D eigenvalue weighted by Gasteiger charge is 2.40. The van der Waals surface area contributed by atoms with Gasteiger partial charge in [-0.3, -0.25) is 0 Å². The first-order chi connectivity index (χ1) is 14.3. The molecule has 0 heterocycles. The molecule has 0 aliphatic heterocycles. The van der Waals surface area contributed by atoms with E-state index in [-0.39, 0.29) is 0 Å². The van der Waals surface area contributed by atoms with Crippen molar-refractivity contribution in [1.29, 1.82) is 0 Å². The fraction of sp³-hybridized carbons (Fsp3) is 0.458. The molecule has 0 spiro atoms. The highest BCUT2D eigenvalue weighted by atomic mass is 16.5. The molecule has 0 radical (unpaired) electrons. The van der Waals surface area contributed by atoms with Crippen LogP contribution in [0.3, 0.4) is 0 Å². The number of carbonyl (C=O) groups is 1. The van der Waals surface area contributed by atoms with Crippen LogP contribution in [0.25, 0.3) is 0 Å². The number of carboxylic acids is 1. The number of benzene rings is 2. The van der Waals surface area contributed by atoms with E-state index in [4.69, 9.17) is 14.9 Å². The minimum absolute atomic E-state index is 0.295. The summed E-state index contributed by atoms with van der Waals surface area (Å²) in [6.45, 7) is 0.924. The van der Waals surface area contributed by atoms with Crippen LogP contribution in [0.4, 0.5) is 0 Å². The van der Waals surface area contributed by atoms with Gasteiger partial charge in [0.1, 0.15) is 5.75 Å². The second-order valence-electron chi connectivity index (χ2n) is 8.01. The first-order valence-electron chi connectivity index (χ1n) is 10.3. The second-order valence-corrected chi connectivity index (χ2v) is 8.01. The Labute approximate surface area is 178 Å². The van der Waals surface area contributed by atoms with Crippen LogP contribution in [-0.2, 0) is 10.4 Å². The lowest BCUT2D eigenvalue weighted by Gasteiger charge is -2.41. The third-order valence-electron chi connectivity index (χ3n) is 5.54. The molecule has 30 heavy (non-hydrogen) atoms. The normalized spacial score (nSPS) is 22.0. The van der Waals surface area contributed by atoms with Crippen molar-refractivity contribution in [3.63, 3.8) is 0 Å². The molecule has 6 heteroatoms. The van der Waals surface area contributed by atoms with Crippen molar-refractivity contribution in [1.82, 2.24) is 4.90 Å². The largest absolute Gasteiger partial charge is 0.497 e. The van der Waals surface area contributed by atoms with E-state index in [0.29, 0.717) is 11.5 Å². The zero-order valence-corrected chi connectivity index (χ0v) is 18.0. The summed E-state index contributed by atoms with van der Waals surface area (Å²) in [5.74, 6) is -0.111. The average molecular weight is 416 g/mol. The molecule has 6 nitrogen and oxygen atoms in total. The van der Waals surface area contributed by atoms with E-state index >= 15 is 0 Å². The van der Waals surface area contributed by atoms with Crippen LogP contribution in [0.15, 0.2) is 54.6 Å². The number of ether oxygens (including phenoxy) is 1. The first kappa shape index (κ1) is 23.9. The van der Waals surface area contributed by atoms with Crippen molar-refractivity contribution in [2.75, 3.05) is 27.7 Å². The monoisotopic (exact) mass is 415 g/mol. The molecule has 2 aromatic rings. The summed E-state index contributed by atoms with van der Waals surface area (Å²) in [7, 11) is 5.81. The Morgan fingerprint density at radius 3 is 2.47 bits per heavy atom. The quantitative estimate of drug-likeness (QED) is 0.670. The number of hydrogen-bond donors (Lipinski definition) is 3. The number of methoxy groups -OCH3 is 1. The topological polar surface area (TPSA) is 90.2 Å². The number of aliphatic hydroxyl groups excluding tert-OH is 1. The molecule has 3 N–H and O–H groups in total. The van der Waals surface area contributed by atoms with Crippen LogP contribution < -0.4 is 4.74 Å². The molecule has 1 aliphatic carbocycles. The van der Waals surface area contributed by atoms with Crippen LogP contribution >= 0.6 is 0 Å². The van der Waals surface area contributed by atoms with E-state index in [9.17, 15) is 9.90 Å². The fourth-order valence-corrected chi connectivity index (χ4v) is 3.96. The molecule has 3 unspecified atom stereocenters. The summed E-state index contributed by atoms with van der Waals surface area (Å²) in [5.41, 5.74) is 0.690. The van der Waals surface area contributed by atoms with Crippen LogP contribution in [0.2, 0.25) is 0 Å². The number of rotatable bonds is 6. The minimum Gasteiger partial charge on any atom is -0.497 e. The molecule has 0 saturated heterocycles. The summed E-state index contributed by atoms with van der Waals surface area (Å²) in [4.78, 5) is 12.4. The molecule has 0 amide bonds. The van der Waals surface area contributed by atoms with Gasteiger partial charge in [-0.15, -0.1) is 0 Å². The molecule has 1 aliphatic rings. The van der Waals surface area contributed by atoms with Gasteiger partial charge >= 0.3 is 5.97 Å². The summed E-state index contributed by atoms with van der Waals surface area (Å²) >= 11 is 0. The van der Waals surface area contributed by atoms with Gasteiger partial charge in [0.15, 0.2) is 6.10 Å². The van der Waals surface area contributed by atoms with E-state index in [1.807, 2.05) is 24.3 Å². The van der Waals surface area contributed by atoms with E-state index in [0.717, 1.165) is 37.1 Å². The lowest BCUT2D eigenvalue weighted by Crippen LogP contribution is -2.43. The molecule has 0 aromatic heterocycles. The molecule has 0 bridgehead atoms. The summed E-state index contributed by atoms with van der Waals surface area (Å²) in [6.07, 6.45) is 2.84. The smallest absolute Gasteiger partial charge is 0.337 e. The Balaban J connectivity index is 0.000000248. The molecular weight excluding hydrogens is 382 g/mol. The van der Waals surface area contributed by atoms with Crippen molar-refractivity contribution in [3.05, 3.63) is 65.7 Å². The van der Waals surface area contributed by atoms with Gasteiger partial charge in [-0.1, -0.05) is 55.3 Å². The van der Waals surface area contributed by atoms with Gasteiger partial charge in [-0.25, -0.2) is 4.79 Å². The molecule has 3 rings (SSSR count). The Hall–Kier alpha value is -2.41. The predicted octanol–water partition coefficient (Wildman–Crippen LogP) is 3.44. The standard InChI is InChI=1S/C16H25NO2.C8H8O3/c1-17(2)12-14-7-4-5-10-16(14,18)13-8-6-9-15(11-13)19-3;9-7(8(10)11)6-4-2-1-3-5-6/h6,8-9,11,14,18H,4-5,7,10,12H2,1-3H3;1-5,7,9H,(H,10,11). The van der Waals surface area contributed by atoms with Gasteiger partial charge in [0.25, 0.3) is 0 Å². The summed E-state index contributed by atoms with van der Waals surface area (Å²) in [5, 5.41) is 28.6. The van der Waals surface area contributed by atoms with Gasteiger partial charge in [-0.2, -0.15) is 0 Å². The van der Waals surface area contributed by atoms with Gasteiger partial charge in [-0.05, 0) is 50.2 Å². The highest BCUT2D eigenvalue weighted by Crippen LogP contribution is 2.42. The molecule has 1 fully saturated rings. The van der Waals surface area contributed by atoms with Crippen molar-refractivity contribution in [2.24, 2.45) is 5.92 Å². The zero-order chi connectivity index (χ0) is 22.1. The van der Waals surface area contributed by atoms with Crippen LogP contribution in [-0.4, -0.2) is 53.9 Å². The van der Waals surface area contributed by atoms with E-state index < -0.39 is 17.7 Å². The molecule has 164 valence electrons. The van der Waals surface area contributed by atoms with Crippen molar-refractivity contribution in [2.45, 2.75) is 37.4 Å². The third kappa shape index (κ3) is 6.29. The van der Waals surface area contributed by atoms with Crippen LogP contribution in [0, 0.1) is 5.92 Å². The lowest BCUT2D eigenvalue weighted by molar-refractivity contribution is -0.146. The number of nitrogens with zero attached hydrogens (tertiary/aromatic N) is 1.